The number of nitrogens with zero attached hydrogens (tertiary/aromatic N) is 3. The molecule has 1 aliphatic heterocycles. The number of nitrogens with two attached hydrogens (primary N) is 1. The van der Waals surface area contributed by atoms with E-state index in [0.29, 0.717) is 32.7 Å². The number of rotatable bonds is 5. The summed E-state index contributed by atoms with van der Waals surface area (Å²) in [5, 5.41) is 3.59. The van der Waals surface area contributed by atoms with Crippen LogP contribution in [0.2, 0.25) is 0 Å². The Morgan fingerprint density at radius 1 is 1.07 bits per heavy atom. The van der Waals surface area contributed by atoms with E-state index in [2.05, 4.69) is 27.6 Å². The van der Waals surface area contributed by atoms with Gasteiger partial charge in [0.1, 0.15) is 17.5 Å². The minimum atomic E-state index is -0.585. The van der Waals surface area contributed by atoms with Crippen LogP contribution < -0.4 is 16.1 Å². The van der Waals surface area contributed by atoms with Crippen LogP contribution in [0.15, 0.2) is 41.5 Å². The molecule has 0 aromatic heterocycles. The van der Waals surface area contributed by atoms with Crippen molar-refractivity contribution in [3.63, 3.8) is 0 Å². The highest BCUT2D eigenvalue weighted by molar-refractivity contribution is 7.80. The van der Waals surface area contributed by atoms with E-state index < -0.39 is 11.6 Å². The first-order valence-electron chi connectivity index (χ1n) is 8.71. The van der Waals surface area contributed by atoms with Crippen molar-refractivity contribution in [1.82, 2.24) is 10.3 Å². The lowest BCUT2D eigenvalue weighted by atomic mass is 10.1. The number of benzene rings is 2. The molecule has 1 fully saturated rings. The lowest BCUT2D eigenvalue weighted by Crippen LogP contribution is -2.46. The standard InChI is InChI=1S/C19H20F3N5S/c20-15-3-1-13(2-4-15)12-26-5-7-27(8-6-26)18-10-16(21)14(9-17(18)22)11-24-25-19(23)28/h1-4,9-11H,5-8,12H2,(H3,23,25,28). The molecule has 1 aliphatic rings. The van der Waals surface area contributed by atoms with Crippen LogP contribution in [0.5, 0.6) is 0 Å². The molecule has 5 nitrogen and oxygen atoms in total. The van der Waals surface area contributed by atoms with Crippen LogP contribution in [-0.2, 0) is 6.54 Å². The molecule has 0 amide bonds. The first kappa shape index (κ1) is 20.1. The number of halogens is 3. The quantitative estimate of drug-likeness (QED) is 0.453. The Labute approximate surface area is 166 Å². The van der Waals surface area contributed by atoms with Crippen molar-refractivity contribution in [3.05, 3.63) is 65.0 Å². The van der Waals surface area contributed by atoms with Crippen molar-refractivity contribution in [1.29, 1.82) is 0 Å². The molecule has 0 atom stereocenters. The maximum Gasteiger partial charge on any atom is 0.184 e. The molecule has 1 saturated heterocycles. The molecule has 0 aliphatic carbocycles. The maximum atomic E-state index is 14.5. The summed E-state index contributed by atoms with van der Waals surface area (Å²) in [6, 6.07) is 8.65. The number of thiocarbonyl (C=S) groups is 1. The first-order chi connectivity index (χ1) is 13.4. The van der Waals surface area contributed by atoms with Gasteiger partial charge in [-0.25, -0.2) is 13.2 Å². The van der Waals surface area contributed by atoms with Crippen LogP contribution in [0.4, 0.5) is 18.9 Å². The lowest BCUT2D eigenvalue weighted by molar-refractivity contribution is 0.249. The molecule has 0 radical (unpaired) electrons. The fraction of sp³-hybridized carbons (Fsp3) is 0.263. The zero-order valence-corrected chi connectivity index (χ0v) is 15.9. The third-order valence-corrected chi connectivity index (χ3v) is 4.57. The number of hydrazone groups is 1. The zero-order chi connectivity index (χ0) is 20.1. The van der Waals surface area contributed by atoms with Gasteiger partial charge in [0.25, 0.3) is 0 Å². The summed E-state index contributed by atoms with van der Waals surface area (Å²) >= 11 is 4.59. The molecule has 28 heavy (non-hydrogen) atoms. The molecule has 148 valence electrons. The summed E-state index contributed by atoms with van der Waals surface area (Å²) in [6.45, 7) is 3.21. The van der Waals surface area contributed by atoms with E-state index in [9.17, 15) is 13.2 Å². The maximum absolute atomic E-state index is 14.5. The van der Waals surface area contributed by atoms with Crippen LogP contribution in [0.3, 0.4) is 0 Å². The summed E-state index contributed by atoms with van der Waals surface area (Å²) in [5.41, 5.74) is 8.76. The van der Waals surface area contributed by atoms with Gasteiger partial charge in [-0.05, 0) is 36.0 Å². The van der Waals surface area contributed by atoms with Crippen LogP contribution in [0.25, 0.3) is 0 Å². The molecule has 1 heterocycles. The number of piperazine rings is 1. The monoisotopic (exact) mass is 407 g/mol. The first-order valence-corrected chi connectivity index (χ1v) is 9.12. The number of nitrogens with one attached hydrogen (secondary N) is 1. The molecule has 0 saturated carbocycles. The second kappa shape index (κ2) is 9.03. The van der Waals surface area contributed by atoms with Gasteiger partial charge in [-0.15, -0.1) is 0 Å². The second-order valence-corrected chi connectivity index (χ2v) is 6.89. The Balaban J connectivity index is 1.62. The summed E-state index contributed by atoms with van der Waals surface area (Å²) in [6.07, 6.45) is 1.13. The van der Waals surface area contributed by atoms with Gasteiger partial charge in [-0.2, -0.15) is 5.10 Å². The number of anilines is 1. The van der Waals surface area contributed by atoms with Crippen LogP contribution >= 0.6 is 12.2 Å². The van der Waals surface area contributed by atoms with E-state index in [-0.39, 0.29) is 22.2 Å². The third kappa shape index (κ3) is 5.20. The molecule has 9 heteroatoms. The molecule has 0 unspecified atom stereocenters. The van der Waals surface area contributed by atoms with E-state index in [1.807, 2.05) is 4.90 Å². The van der Waals surface area contributed by atoms with Crippen molar-refractivity contribution < 1.29 is 13.2 Å². The topological polar surface area (TPSA) is 56.9 Å². The van der Waals surface area contributed by atoms with E-state index in [4.69, 9.17) is 5.73 Å². The normalized spacial score (nSPS) is 15.2. The van der Waals surface area contributed by atoms with Crippen molar-refractivity contribution in [2.75, 3.05) is 31.1 Å². The van der Waals surface area contributed by atoms with Gasteiger partial charge in [0.15, 0.2) is 5.11 Å². The average molecular weight is 407 g/mol. The Morgan fingerprint density at radius 3 is 2.39 bits per heavy atom. The highest BCUT2D eigenvalue weighted by atomic mass is 32.1. The van der Waals surface area contributed by atoms with Crippen molar-refractivity contribution in [2.45, 2.75) is 6.54 Å². The van der Waals surface area contributed by atoms with E-state index in [1.165, 1.54) is 18.2 Å². The molecule has 0 bridgehead atoms. The second-order valence-electron chi connectivity index (χ2n) is 6.45. The summed E-state index contributed by atoms with van der Waals surface area (Å²) in [7, 11) is 0. The Kier molecular flexibility index (Phi) is 6.48. The van der Waals surface area contributed by atoms with Gasteiger partial charge in [-0.1, -0.05) is 12.1 Å². The predicted octanol–water partition coefficient (Wildman–Crippen LogP) is 2.59. The van der Waals surface area contributed by atoms with Crippen LogP contribution in [0, 0.1) is 17.5 Å². The fourth-order valence-electron chi connectivity index (χ4n) is 3.05. The molecule has 0 spiro atoms. The van der Waals surface area contributed by atoms with Gasteiger partial charge in [0, 0.05) is 44.4 Å². The van der Waals surface area contributed by atoms with Gasteiger partial charge in [0.05, 0.1) is 11.9 Å². The molecule has 3 N–H and O–H groups in total. The molecule has 3 rings (SSSR count). The van der Waals surface area contributed by atoms with Gasteiger partial charge in [-0.3, -0.25) is 10.3 Å². The summed E-state index contributed by atoms with van der Waals surface area (Å²) in [5.74, 6) is -1.37. The third-order valence-electron chi connectivity index (χ3n) is 4.48. The average Bonchev–Trinajstić information content (AvgIpc) is 2.66. The zero-order valence-electron chi connectivity index (χ0n) is 15.0. The molecular weight excluding hydrogens is 387 g/mol. The van der Waals surface area contributed by atoms with Crippen molar-refractivity contribution in [3.8, 4) is 0 Å². The van der Waals surface area contributed by atoms with E-state index in [0.717, 1.165) is 17.8 Å². The molecule has 2 aromatic carbocycles. The van der Waals surface area contributed by atoms with Crippen LogP contribution in [-0.4, -0.2) is 42.4 Å². The van der Waals surface area contributed by atoms with E-state index >= 15 is 0 Å². The number of hydrogen-bond donors (Lipinski definition) is 2. The highest BCUT2D eigenvalue weighted by Gasteiger charge is 2.21. The number of hydrogen-bond acceptors (Lipinski definition) is 4. The predicted molar refractivity (Wildman–Crippen MR) is 108 cm³/mol. The molecule has 2 aromatic rings. The highest BCUT2D eigenvalue weighted by Crippen LogP contribution is 2.24. The van der Waals surface area contributed by atoms with Gasteiger partial charge >= 0.3 is 0 Å². The van der Waals surface area contributed by atoms with Crippen molar-refractivity contribution >= 4 is 29.2 Å². The van der Waals surface area contributed by atoms with Gasteiger partial charge in [0.2, 0.25) is 0 Å². The van der Waals surface area contributed by atoms with Crippen molar-refractivity contribution in [2.24, 2.45) is 10.8 Å². The fourth-order valence-corrected chi connectivity index (χ4v) is 3.11. The SMILES string of the molecule is NC(=S)NN=Cc1cc(F)c(N2CCN(Cc3ccc(F)cc3)CC2)cc1F. The van der Waals surface area contributed by atoms with E-state index in [1.54, 1.807) is 12.1 Å². The van der Waals surface area contributed by atoms with Crippen LogP contribution in [0.1, 0.15) is 11.1 Å². The smallest absolute Gasteiger partial charge is 0.184 e. The summed E-state index contributed by atoms with van der Waals surface area (Å²) in [4.78, 5) is 4.01. The largest absolute Gasteiger partial charge is 0.375 e. The minimum absolute atomic E-state index is 0.0000502. The summed E-state index contributed by atoms with van der Waals surface area (Å²) < 4.78 is 41.8. The minimum Gasteiger partial charge on any atom is -0.375 e. The Morgan fingerprint density at radius 2 is 1.75 bits per heavy atom. The Hall–Kier alpha value is -2.65. The van der Waals surface area contributed by atoms with Gasteiger partial charge < -0.3 is 10.6 Å². The lowest BCUT2D eigenvalue weighted by Gasteiger charge is -2.36. The Bertz CT molecular complexity index is 865. The molecular formula is C19H20F3N5S.